The van der Waals surface area contributed by atoms with Crippen molar-refractivity contribution in [3.8, 4) is 10.6 Å². The molecule has 2 heterocycles. The second-order valence-electron chi connectivity index (χ2n) is 7.86. The van der Waals surface area contributed by atoms with Gasteiger partial charge in [-0.2, -0.15) is 11.3 Å². The van der Waals surface area contributed by atoms with Crippen molar-refractivity contribution >= 4 is 28.6 Å². The Balaban J connectivity index is 1.23. The Bertz CT molecular complexity index is 708. The lowest BCUT2D eigenvalue weighted by Crippen LogP contribution is -2.56. The van der Waals surface area contributed by atoms with E-state index >= 15 is 0 Å². The number of thiophene rings is 1. The van der Waals surface area contributed by atoms with Crippen LogP contribution in [0.25, 0.3) is 10.6 Å². The summed E-state index contributed by atoms with van der Waals surface area (Å²) in [4.78, 5) is 17.2. The lowest BCUT2D eigenvalue weighted by molar-refractivity contribution is -0.124. The van der Waals surface area contributed by atoms with Gasteiger partial charge in [0.15, 0.2) is 0 Å². The van der Waals surface area contributed by atoms with Gasteiger partial charge in [-0.15, -0.1) is 11.3 Å². The van der Waals surface area contributed by atoms with Crippen molar-refractivity contribution in [3.63, 3.8) is 0 Å². The van der Waals surface area contributed by atoms with Gasteiger partial charge in [0.1, 0.15) is 5.01 Å². The van der Waals surface area contributed by atoms with E-state index in [9.17, 15) is 4.79 Å². The van der Waals surface area contributed by atoms with Gasteiger partial charge in [0.2, 0.25) is 5.91 Å². The van der Waals surface area contributed by atoms with E-state index in [0.717, 1.165) is 39.9 Å². The van der Waals surface area contributed by atoms with Crippen LogP contribution < -0.4 is 5.32 Å². The molecule has 4 saturated carbocycles. The van der Waals surface area contributed by atoms with Crippen LogP contribution in [0, 0.1) is 23.7 Å². The summed E-state index contributed by atoms with van der Waals surface area (Å²) in [6.07, 6.45) is 7.25. The molecule has 4 bridgehead atoms. The number of hydrogen-bond donors (Lipinski definition) is 1. The highest BCUT2D eigenvalue weighted by molar-refractivity contribution is 7.14. The molecule has 3 nitrogen and oxygen atoms in total. The highest BCUT2D eigenvalue weighted by Crippen LogP contribution is 2.53. The molecule has 2 aromatic rings. The van der Waals surface area contributed by atoms with Crippen LogP contribution in [0.15, 0.2) is 22.2 Å². The molecule has 4 aliphatic rings. The molecule has 0 atom stereocenters. The van der Waals surface area contributed by atoms with Gasteiger partial charge < -0.3 is 5.32 Å². The van der Waals surface area contributed by atoms with Crippen LogP contribution in [0.3, 0.4) is 0 Å². The standard InChI is InChI=1S/C19H22N2OS2/c22-17(8-16-10-24-19(20-16)13-1-2-23-9-13)21-18-14-4-11-3-12(6-14)7-15(18)5-11/h1-2,9-12,14-15,18H,3-8H2,(H,21,22). The normalized spacial score (nSPS) is 33.8. The van der Waals surface area contributed by atoms with Crippen molar-refractivity contribution in [2.75, 3.05) is 0 Å². The number of amides is 1. The van der Waals surface area contributed by atoms with Crippen molar-refractivity contribution in [1.82, 2.24) is 10.3 Å². The Morgan fingerprint density at radius 1 is 1.12 bits per heavy atom. The van der Waals surface area contributed by atoms with Gasteiger partial charge in [-0.05, 0) is 67.2 Å². The molecule has 5 heteroatoms. The molecule has 1 amide bonds. The second-order valence-corrected chi connectivity index (χ2v) is 9.49. The number of aromatic nitrogens is 1. The fraction of sp³-hybridized carbons (Fsp3) is 0.579. The van der Waals surface area contributed by atoms with E-state index in [1.807, 2.05) is 5.38 Å². The molecule has 0 radical (unpaired) electrons. The molecular weight excluding hydrogens is 336 g/mol. The third-order valence-electron chi connectivity index (χ3n) is 6.22. The van der Waals surface area contributed by atoms with Crippen LogP contribution in [0.4, 0.5) is 0 Å². The van der Waals surface area contributed by atoms with Gasteiger partial charge in [-0.25, -0.2) is 4.98 Å². The van der Waals surface area contributed by atoms with Crippen molar-refractivity contribution < 1.29 is 4.79 Å². The number of hydrogen-bond acceptors (Lipinski definition) is 4. The number of carbonyl (C=O) groups is 1. The highest BCUT2D eigenvalue weighted by atomic mass is 32.1. The fourth-order valence-electron chi connectivity index (χ4n) is 5.47. The fourth-order valence-corrected chi connectivity index (χ4v) is 7.00. The van der Waals surface area contributed by atoms with Gasteiger partial charge in [0.05, 0.1) is 12.1 Å². The number of carbonyl (C=O) groups excluding carboxylic acids is 1. The first-order valence-electron chi connectivity index (χ1n) is 9.01. The number of nitrogens with one attached hydrogen (secondary N) is 1. The second kappa shape index (κ2) is 5.95. The number of thiazole rings is 1. The molecule has 4 fully saturated rings. The summed E-state index contributed by atoms with van der Waals surface area (Å²) < 4.78 is 0. The van der Waals surface area contributed by atoms with Crippen LogP contribution in [-0.4, -0.2) is 16.9 Å². The highest BCUT2D eigenvalue weighted by Gasteiger charge is 2.48. The topological polar surface area (TPSA) is 42.0 Å². The molecule has 2 aromatic heterocycles. The molecule has 126 valence electrons. The van der Waals surface area contributed by atoms with E-state index in [1.54, 1.807) is 22.7 Å². The molecule has 0 unspecified atom stereocenters. The SMILES string of the molecule is O=C(Cc1csc(-c2ccsc2)n1)NC1C2CC3CC(C2)CC1C3. The Morgan fingerprint density at radius 2 is 1.88 bits per heavy atom. The molecule has 0 aliphatic heterocycles. The minimum absolute atomic E-state index is 0.162. The summed E-state index contributed by atoms with van der Waals surface area (Å²) in [5.74, 6) is 3.54. The van der Waals surface area contributed by atoms with Crippen LogP contribution in [-0.2, 0) is 11.2 Å². The Hall–Kier alpha value is -1.20. The third-order valence-corrected chi connectivity index (χ3v) is 7.84. The zero-order chi connectivity index (χ0) is 16.1. The maximum Gasteiger partial charge on any atom is 0.226 e. The third kappa shape index (κ3) is 2.72. The van der Waals surface area contributed by atoms with Crippen molar-refractivity contribution in [2.24, 2.45) is 23.7 Å². The van der Waals surface area contributed by atoms with Crippen molar-refractivity contribution in [2.45, 2.75) is 44.6 Å². The van der Waals surface area contributed by atoms with E-state index in [2.05, 4.69) is 27.1 Å². The summed E-state index contributed by atoms with van der Waals surface area (Å²) in [5, 5.41) is 10.6. The first-order valence-corrected chi connectivity index (χ1v) is 10.8. The van der Waals surface area contributed by atoms with Gasteiger partial charge >= 0.3 is 0 Å². The molecular formula is C19H22N2OS2. The average molecular weight is 359 g/mol. The lowest BCUT2D eigenvalue weighted by atomic mass is 9.54. The maximum atomic E-state index is 12.6. The van der Waals surface area contributed by atoms with E-state index in [-0.39, 0.29) is 5.91 Å². The van der Waals surface area contributed by atoms with E-state index < -0.39 is 0 Å². The summed E-state index contributed by atoms with van der Waals surface area (Å²) >= 11 is 3.32. The van der Waals surface area contributed by atoms with E-state index in [0.29, 0.717) is 12.5 Å². The molecule has 0 saturated heterocycles. The minimum atomic E-state index is 0.162. The summed E-state index contributed by atoms with van der Waals surface area (Å²) in [6, 6.07) is 2.52. The zero-order valence-corrected chi connectivity index (χ0v) is 15.2. The predicted octanol–water partition coefficient (Wildman–Crippen LogP) is 4.36. The van der Waals surface area contributed by atoms with E-state index in [4.69, 9.17) is 0 Å². The predicted molar refractivity (Wildman–Crippen MR) is 98.1 cm³/mol. The molecule has 24 heavy (non-hydrogen) atoms. The summed E-state index contributed by atoms with van der Waals surface area (Å²) in [5.41, 5.74) is 2.07. The molecule has 0 spiro atoms. The minimum Gasteiger partial charge on any atom is -0.352 e. The Morgan fingerprint density at radius 3 is 2.54 bits per heavy atom. The van der Waals surface area contributed by atoms with Crippen LogP contribution >= 0.6 is 22.7 Å². The number of nitrogens with zero attached hydrogens (tertiary/aromatic N) is 1. The van der Waals surface area contributed by atoms with Gasteiger partial charge in [-0.3, -0.25) is 4.79 Å². The van der Waals surface area contributed by atoms with Crippen molar-refractivity contribution in [3.05, 3.63) is 27.9 Å². The zero-order valence-electron chi connectivity index (χ0n) is 13.6. The monoisotopic (exact) mass is 358 g/mol. The molecule has 4 aliphatic carbocycles. The van der Waals surface area contributed by atoms with Gasteiger partial charge in [0, 0.05) is 22.4 Å². The lowest BCUT2D eigenvalue weighted by Gasteiger charge is -2.54. The maximum absolute atomic E-state index is 12.6. The van der Waals surface area contributed by atoms with Gasteiger partial charge in [-0.1, -0.05) is 0 Å². The first kappa shape index (κ1) is 15.1. The Labute approximate surface area is 150 Å². The summed E-state index contributed by atoms with van der Waals surface area (Å²) in [6.45, 7) is 0. The molecule has 1 N–H and O–H groups in total. The van der Waals surface area contributed by atoms with Crippen LogP contribution in [0.1, 0.15) is 37.8 Å². The van der Waals surface area contributed by atoms with Crippen LogP contribution in [0.2, 0.25) is 0 Å². The summed E-state index contributed by atoms with van der Waals surface area (Å²) in [7, 11) is 0. The average Bonchev–Trinajstić information content (AvgIpc) is 3.21. The smallest absolute Gasteiger partial charge is 0.226 e. The molecule has 6 rings (SSSR count). The number of rotatable bonds is 4. The van der Waals surface area contributed by atoms with Crippen molar-refractivity contribution in [1.29, 1.82) is 0 Å². The first-order chi connectivity index (χ1) is 11.7. The largest absolute Gasteiger partial charge is 0.352 e. The molecule has 0 aromatic carbocycles. The van der Waals surface area contributed by atoms with Gasteiger partial charge in [0.25, 0.3) is 0 Å². The Kier molecular flexibility index (Phi) is 3.74. The van der Waals surface area contributed by atoms with E-state index in [1.165, 1.54) is 32.1 Å². The van der Waals surface area contributed by atoms with Crippen LogP contribution in [0.5, 0.6) is 0 Å². The quantitative estimate of drug-likeness (QED) is 0.882.